The lowest BCUT2D eigenvalue weighted by Gasteiger charge is -2.11. The van der Waals surface area contributed by atoms with Gasteiger partial charge in [-0.25, -0.2) is 8.42 Å². The highest BCUT2D eigenvalue weighted by molar-refractivity contribution is 7.93. The van der Waals surface area contributed by atoms with Crippen LogP contribution in [0.4, 0.5) is 5.69 Å². The van der Waals surface area contributed by atoms with E-state index in [9.17, 15) is 8.42 Å². The Morgan fingerprint density at radius 3 is 2.40 bits per heavy atom. The molecule has 5 nitrogen and oxygen atoms in total. The summed E-state index contributed by atoms with van der Waals surface area (Å²) >= 11 is 7.51. The van der Waals surface area contributed by atoms with Crippen molar-refractivity contribution in [3.05, 3.63) is 50.3 Å². The molecule has 8 heteroatoms. The van der Waals surface area contributed by atoms with E-state index >= 15 is 0 Å². The Hall–Kier alpha value is -1.83. The number of thiophene rings is 1. The zero-order chi connectivity index (χ0) is 18.4. The van der Waals surface area contributed by atoms with Crippen molar-refractivity contribution in [2.75, 3.05) is 4.72 Å². The number of hydrogen-bond acceptors (Lipinski definition) is 5. The van der Waals surface area contributed by atoms with Crippen LogP contribution in [0.2, 0.25) is 5.02 Å². The molecule has 0 atom stereocenters. The number of sulfonamides is 1. The molecule has 0 radical (unpaired) electrons. The second-order valence-corrected chi connectivity index (χ2v) is 9.18. The zero-order valence-electron chi connectivity index (χ0n) is 14.2. The van der Waals surface area contributed by atoms with Crippen molar-refractivity contribution in [2.24, 2.45) is 0 Å². The van der Waals surface area contributed by atoms with E-state index in [4.69, 9.17) is 16.1 Å². The van der Waals surface area contributed by atoms with Crippen molar-refractivity contribution in [2.45, 2.75) is 32.6 Å². The molecule has 132 valence electrons. The molecule has 0 amide bonds. The number of para-hydroxylation sites is 1. The van der Waals surface area contributed by atoms with Crippen LogP contribution in [-0.4, -0.2) is 13.6 Å². The van der Waals surface area contributed by atoms with E-state index in [-0.39, 0.29) is 4.90 Å². The summed E-state index contributed by atoms with van der Waals surface area (Å²) in [6.07, 6.45) is 0. The lowest BCUT2D eigenvalue weighted by atomic mass is 10.1. The molecule has 3 aromatic rings. The second-order valence-electron chi connectivity index (χ2n) is 5.73. The number of rotatable bonds is 4. The SMILES string of the molecule is Cc1noc(-c2c(C)sc(C)c2S(=O)(=O)Nc2ccccc2Cl)c1C. The van der Waals surface area contributed by atoms with Crippen molar-refractivity contribution in [3.8, 4) is 11.3 Å². The summed E-state index contributed by atoms with van der Waals surface area (Å²) in [5.41, 5.74) is 2.46. The molecule has 0 spiro atoms. The minimum Gasteiger partial charge on any atom is -0.356 e. The first kappa shape index (κ1) is 18.0. The standard InChI is InChI=1S/C17H17ClN2O3S2/c1-9-10(2)19-23-16(9)15-11(3)24-12(4)17(15)25(21,22)20-14-8-6-5-7-13(14)18/h5-8,20H,1-4H3. The van der Waals surface area contributed by atoms with Crippen LogP contribution in [-0.2, 0) is 10.0 Å². The third kappa shape index (κ3) is 3.19. The fraction of sp³-hybridized carbons (Fsp3) is 0.235. The molecule has 2 heterocycles. The van der Waals surface area contributed by atoms with Crippen LogP contribution >= 0.6 is 22.9 Å². The molecule has 0 unspecified atom stereocenters. The number of benzene rings is 1. The summed E-state index contributed by atoms with van der Waals surface area (Å²) in [7, 11) is -3.84. The van der Waals surface area contributed by atoms with E-state index in [1.54, 1.807) is 31.2 Å². The lowest BCUT2D eigenvalue weighted by molar-refractivity contribution is 0.426. The van der Waals surface area contributed by atoms with Crippen LogP contribution in [0.3, 0.4) is 0 Å². The van der Waals surface area contributed by atoms with Gasteiger partial charge in [0.05, 0.1) is 22.0 Å². The van der Waals surface area contributed by atoms with E-state index < -0.39 is 10.0 Å². The second kappa shape index (κ2) is 6.48. The molecule has 0 bridgehead atoms. The highest BCUT2D eigenvalue weighted by atomic mass is 35.5. The maximum atomic E-state index is 13.1. The van der Waals surface area contributed by atoms with Gasteiger partial charge >= 0.3 is 0 Å². The summed E-state index contributed by atoms with van der Waals surface area (Å²) < 4.78 is 34.2. The maximum absolute atomic E-state index is 13.1. The molecule has 25 heavy (non-hydrogen) atoms. The number of anilines is 1. The van der Waals surface area contributed by atoms with E-state index in [1.807, 2.05) is 20.8 Å². The summed E-state index contributed by atoms with van der Waals surface area (Å²) in [6.45, 7) is 7.35. The Morgan fingerprint density at radius 1 is 1.12 bits per heavy atom. The summed E-state index contributed by atoms with van der Waals surface area (Å²) in [4.78, 5) is 1.74. The summed E-state index contributed by atoms with van der Waals surface area (Å²) in [5.74, 6) is 0.485. The van der Waals surface area contributed by atoms with Gasteiger partial charge in [0.25, 0.3) is 10.0 Å². The van der Waals surface area contributed by atoms with Gasteiger partial charge in [0.15, 0.2) is 5.76 Å². The van der Waals surface area contributed by atoms with E-state index in [2.05, 4.69) is 9.88 Å². The highest BCUT2D eigenvalue weighted by Gasteiger charge is 2.30. The van der Waals surface area contributed by atoms with Crippen molar-refractivity contribution < 1.29 is 12.9 Å². The lowest BCUT2D eigenvalue weighted by Crippen LogP contribution is -2.14. The molecule has 2 aromatic heterocycles. The van der Waals surface area contributed by atoms with Gasteiger partial charge in [-0.2, -0.15) is 0 Å². The zero-order valence-corrected chi connectivity index (χ0v) is 16.6. The highest BCUT2D eigenvalue weighted by Crippen LogP contribution is 2.41. The topological polar surface area (TPSA) is 72.2 Å². The van der Waals surface area contributed by atoms with E-state index in [1.165, 1.54) is 11.3 Å². The molecule has 0 saturated heterocycles. The predicted octanol–water partition coefficient (Wildman–Crippen LogP) is 5.09. The van der Waals surface area contributed by atoms with Crippen LogP contribution in [0, 0.1) is 27.7 Å². The average Bonchev–Trinajstić information content (AvgIpc) is 3.01. The van der Waals surface area contributed by atoms with Crippen LogP contribution in [0.1, 0.15) is 21.0 Å². The first-order chi connectivity index (χ1) is 11.7. The number of nitrogens with one attached hydrogen (secondary N) is 1. The number of hydrogen-bond donors (Lipinski definition) is 1. The number of halogens is 1. The average molecular weight is 397 g/mol. The molecule has 0 fully saturated rings. The van der Waals surface area contributed by atoms with Gasteiger partial charge in [0.2, 0.25) is 0 Å². The number of aryl methyl sites for hydroxylation is 3. The van der Waals surface area contributed by atoms with E-state index in [0.29, 0.717) is 26.9 Å². The molecule has 1 N–H and O–H groups in total. The third-order valence-electron chi connectivity index (χ3n) is 3.98. The van der Waals surface area contributed by atoms with Gasteiger partial charge in [-0.05, 0) is 39.8 Å². The number of nitrogens with zero attached hydrogens (tertiary/aromatic N) is 1. The first-order valence-corrected chi connectivity index (χ1v) is 10.2. The Bertz CT molecular complexity index is 1050. The Labute approximate surface area is 155 Å². The fourth-order valence-corrected chi connectivity index (χ4v) is 5.81. The van der Waals surface area contributed by atoms with Crippen molar-refractivity contribution in [1.29, 1.82) is 0 Å². The monoisotopic (exact) mass is 396 g/mol. The normalized spacial score (nSPS) is 11.7. The van der Waals surface area contributed by atoms with Gasteiger partial charge in [-0.1, -0.05) is 28.9 Å². The molecule has 0 aliphatic rings. The van der Waals surface area contributed by atoms with Crippen molar-refractivity contribution in [1.82, 2.24) is 5.16 Å². The smallest absolute Gasteiger partial charge is 0.263 e. The van der Waals surface area contributed by atoms with Gasteiger partial charge in [-0.3, -0.25) is 4.72 Å². The van der Waals surface area contributed by atoms with Crippen LogP contribution in [0.5, 0.6) is 0 Å². The van der Waals surface area contributed by atoms with E-state index in [0.717, 1.165) is 16.1 Å². The molecular formula is C17H17ClN2O3S2. The first-order valence-electron chi connectivity index (χ1n) is 7.53. The van der Waals surface area contributed by atoms with Gasteiger partial charge in [-0.15, -0.1) is 11.3 Å². The molecule has 1 aromatic carbocycles. The van der Waals surface area contributed by atoms with Gasteiger partial charge < -0.3 is 4.52 Å². The number of aromatic nitrogens is 1. The maximum Gasteiger partial charge on any atom is 0.263 e. The Balaban J connectivity index is 2.17. The Morgan fingerprint density at radius 2 is 1.80 bits per heavy atom. The van der Waals surface area contributed by atoms with Crippen LogP contribution in [0.25, 0.3) is 11.3 Å². The molecule has 0 aliphatic heterocycles. The molecule has 0 saturated carbocycles. The predicted molar refractivity (Wildman–Crippen MR) is 101 cm³/mol. The van der Waals surface area contributed by atoms with Gasteiger partial charge in [0.1, 0.15) is 4.90 Å². The molecular weight excluding hydrogens is 380 g/mol. The summed E-state index contributed by atoms with van der Waals surface area (Å²) in [5, 5.41) is 4.29. The minimum absolute atomic E-state index is 0.203. The molecule has 0 aliphatic carbocycles. The quantitative estimate of drug-likeness (QED) is 0.666. The molecule has 3 rings (SSSR count). The van der Waals surface area contributed by atoms with Crippen molar-refractivity contribution >= 4 is 38.6 Å². The summed E-state index contributed by atoms with van der Waals surface area (Å²) in [6, 6.07) is 6.72. The largest absolute Gasteiger partial charge is 0.356 e. The van der Waals surface area contributed by atoms with Crippen LogP contribution < -0.4 is 4.72 Å². The Kier molecular flexibility index (Phi) is 4.66. The van der Waals surface area contributed by atoms with Crippen LogP contribution in [0.15, 0.2) is 33.7 Å². The van der Waals surface area contributed by atoms with Crippen molar-refractivity contribution in [3.63, 3.8) is 0 Å². The minimum atomic E-state index is -3.84. The fourth-order valence-electron chi connectivity index (χ4n) is 2.64. The van der Waals surface area contributed by atoms with Gasteiger partial charge in [0, 0.05) is 15.3 Å². The third-order valence-corrected chi connectivity index (χ3v) is 6.99.